The molecule has 0 unspecified atom stereocenters. The third-order valence-electron chi connectivity index (χ3n) is 3.96. The van der Waals surface area contributed by atoms with Crippen LogP contribution in [-0.4, -0.2) is 44.5 Å². The van der Waals surface area contributed by atoms with Gasteiger partial charge in [0.05, 0.1) is 5.75 Å². The normalized spacial score (nSPS) is 17.5. The molecule has 1 saturated carbocycles. The topological polar surface area (TPSA) is 66.5 Å². The van der Waals surface area contributed by atoms with Crippen molar-refractivity contribution in [3.8, 4) is 0 Å². The molecular weight excluding hydrogens is 288 g/mol. The number of carbonyl (C=O) groups is 1. The van der Waals surface area contributed by atoms with Crippen LogP contribution in [0.3, 0.4) is 0 Å². The molecule has 1 N–H and O–H groups in total. The molecule has 1 amide bonds. The molecule has 0 aromatic heterocycles. The van der Waals surface area contributed by atoms with Crippen molar-refractivity contribution >= 4 is 15.9 Å². The minimum absolute atomic E-state index is 0.0819. The highest BCUT2D eigenvalue weighted by atomic mass is 32.2. The van der Waals surface area contributed by atoms with Gasteiger partial charge < -0.3 is 5.32 Å². The summed E-state index contributed by atoms with van der Waals surface area (Å²) in [5.41, 5.74) is 0. The minimum atomic E-state index is -3.12. The molecule has 0 aliphatic heterocycles. The standard InChI is InChI=1S/C15H28N2O3S/c1-3-21(19,20)17(2)13-7-12-16-15(18)11-10-14-8-5-4-6-9-14/h10-11,14H,3-9,12-13H2,1-2H3,(H,16,18). The number of hydrogen-bond donors (Lipinski definition) is 1. The molecule has 0 aromatic rings. The first-order chi connectivity index (χ1) is 9.95. The number of nitrogens with one attached hydrogen (secondary N) is 1. The van der Waals surface area contributed by atoms with Gasteiger partial charge in [0, 0.05) is 20.1 Å². The number of rotatable bonds is 8. The number of amides is 1. The molecule has 122 valence electrons. The number of allylic oxidation sites excluding steroid dienone is 1. The average Bonchev–Trinajstić information content (AvgIpc) is 2.50. The molecule has 1 fully saturated rings. The molecule has 1 rings (SSSR count). The van der Waals surface area contributed by atoms with Crippen LogP contribution in [0.1, 0.15) is 45.4 Å². The van der Waals surface area contributed by atoms with Crippen molar-refractivity contribution < 1.29 is 13.2 Å². The van der Waals surface area contributed by atoms with E-state index in [1.54, 1.807) is 20.0 Å². The van der Waals surface area contributed by atoms with Crippen LogP contribution < -0.4 is 5.32 Å². The molecule has 0 heterocycles. The quantitative estimate of drug-likeness (QED) is 0.549. The molecule has 0 radical (unpaired) electrons. The van der Waals surface area contributed by atoms with Crippen molar-refractivity contribution in [1.82, 2.24) is 9.62 Å². The fourth-order valence-corrected chi connectivity index (χ4v) is 3.33. The lowest BCUT2D eigenvalue weighted by molar-refractivity contribution is -0.116. The van der Waals surface area contributed by atoms with E-state index in [1.807, 2.05) is 6.08 Å². The van der Waals surface area contributed by atoms with E-state index in [9.17, 15) is 13.2 Å². The Labute approximate surface area is 128 Å². The lowest BCUT2D eigenvalue weighted by atomic mass is 9.89. The molecule has 6 heteroatoms. The summed E-state index contributed by atoms with van der Waals surface area (Å²) in [5.74, 6) is 0.576. The van der Waals surface area contributed by atoms with E-state index in [2.05, 4.69) is 5.32 Å². The number of carbonyl (C=O) groups excluding carboxylic acids is 1. The van der Waals surface area contributed by atoms with Crippen molar-refractivity contribution in [2.75, 3.05) is 25.9 Å². The van der Waals surface area contributed by atoms with E-state index in [-0.39, 0.29) is 11.7 Å². The maximum Gasteiger partial charge on any atom is 0.243 e. The van der Waals surface area contributed by atoms with E-state index >= 15 is 0 Å². The Morgan fingerprint density at radius 1 is 1.29 bits per heavy atom. The van der Waals surface area contributed by atoms with Crippen molar-refractivity contribution in [3.63, 3.8) is 0 Å². The number of hydrogen-bond acceptors (Lipinski definition) is 3. The molecule has 1 aliphatic carbocycles. The first-order valence-electron chi connectivity index (χ1n) is 7.85. The molecule has 21 heavy (non-hydrogen) atoms. The Bertz CT molecular complexity index is 440. The second kappa shape index (κ2) is 9.20. The van der Waals surface area contributed by atoms with Crippen molar-refractivity contribution in [2.24, 2.45) is 5.92 Å². The summed E-state index contributed by atoms with van der Waals surface area (Å²) < 4.78 is 24.4. The predicted molar refractivity (Wildman–Crippen MR) is 85.4 cm³/mol. The van der Waals surface area contributed by atoms with Gasteiger partial charge in [0.15, 0.2) is 0 Å². The van der Waals surface area contributed by atoms with Crippen molar-refractivity contribution in [2.45, 2.75) is 45.4 Å². The van der Waals surface area contributed by atoms with Gasteiger partial charge in [-0.25, -0.2) is 12.7 Å². The smallest absolute Gasteiger partial charge is 0.243 e. The lowest BCUT2D eigenvalue weighted by Gasteiger charge is -2.17. The van der Waals surface area contributed by atoms with Gasteiger partial charge in [-0.15, -0.1) is 0 Å². The monoisotopic (exact) mass is 316 g/mol. The summed E-state index contributed by atoms with van der Waals surface area (Å²) in [4.78, 5) is 11.7. The third-order valence-corrected chi connectivity index (χ3v) is 5.82. The Balaban J connectivity index is 2.17. The third kappa shape index (κ3) is 7.09. The van der Waals surface area contributed by atoms with Crippen LogP contribution in [0.5, 0.6) is 0 Å². The Morgan fingerprint density at radius 3 is 2.57 bits per heavy atom. The fourth-order valence-electron chi connectivity index (χ4n) is 2.48. The van der Waals surface area contributed by atoms with E-state index in [0.29, 0.717) is 25.4 Å². The summed E-state index contributed by atoms with van der Waals surface area (Å²) in [7, 11) is -1.54. The summed E-state index contributed by atoms with van der Waals surface area (Å²) >= 11 is 0. The predicted octanol–water partition coefficient (Wildman–Crippen LogP) is 1.91. The van der Waals surface area contributed by atoms with Crippen LogP contribution >= 0.6 is 0 Å². The summed E-state index contributed by atoms with van der Waals surface area (Å²) in [6.45, 7) is 2.56. The zero-order chi connectivity index (χ0) is 15.7. The maximum absolute atomic E-state index is 11.7. The summed E-state index contributed by atoms with van der Waals surface area (Å²) in [5, 5.41) is 2.80. The van der Waals surface area contributed by atoms with E-state index in [4.69, 9.17) is 0 Å². The van der Waals surface area contributed by atoms with Crippen LogP contribution in [0, 0.1) is 5.92 Å². The molecule has 0 aromatic carbocycles. The van der Waals surface area contributed by atoms with E-state index < -0.39 is 10.0 Å². The molecular formula is C15H28N2O3S. The van der Waals surface area contributed by atoms with Gasteiger partial charge >= 0.3 is 0 Å². The molecule has 0 bridgehead atoms. The van der Waals surface area contributed by atoms with E-state index in [1.165, 1.54) is 36.4 Å². The van der Waals surface area contributed by atoms with Gasteiger partial charge in [-0.2, -0.15) is 0 Å². The van der Waals surface area contributed by atoms with Crippen LogP contribution in [0.15, 0.2) is 12.2 Å². The van der Waals surface area contributed by atoms with Crippen molar-refractivity contribution in [3.05, 3.63) is 12.2 Å². The van der Waals surface area contributed by atoms with Gasteiger partial charge in [0.2, 0.25) is 15.9 Å². The average molecular weight is 316 g/mol. The van der Waals surface area contributed by atoms with Crippen LogP contribution in [0.25, 0.3) is 0 Å². The maximum atomic E-state index is 11.7. The second-order valence-electron chi connectivity index (χ2n) is 5.62. The Hall–Kier alpha value is -0.880. The second-order valence-corrected chi connectivity index (χ2v) is 7.99. The first kappa shape index (κ1) is 18.2. The van der Waals surface area contributed by atoms with Crippen LogP contribution in [-0.2, 0) is 14.8 Å². The summed E-state index contributed by atoms with van der Waals surface area (Å²) in [6.07, 6.45) is 10.5. The highest BCUT2D eigenvalue weighted by Gasteiger charge is 2.14. The van der Waals surface area contributed by atoms with Gasteiger partial charge in [0.1, 0.15) is 0 Å². The van der Waals surface area contributed by atoms with Crippen molar-refractivity contribution in [1.29, 1.82) is 0 Å². The molecule has 1 aliphatic rings. The number of nitrogens with zero attached hydrogens (tertiary/aromatic N) is 1. The van der Waals surface area contributed by atoms with Gasteiger partial charge in [0.25, 0.3) is 0 Å². The summed E-state index contributed by atoms with van der Waals surface area (Å²) in [6, 6.07) is 0. The molecule has 0 atom stereocenters. The van der Waals surface area contributed by atoms with Gasteiger partial charge in [-0.3, -0.25) is 4.79 Å². The highest BCUT2D eigenvalue weighted by molar-refractivity contribution is 7.89. The molecule has 0 saturated heterocycles. The van der Waals surface area contributed by atoms with Crippen LogP contribution in [0.4, 0.5) is 0 Å². The first-order valence-corrected chi connectivity index (χ1v) is 9.46. The fraction of sp³-hybridized carbons (Fsp3) is 0.800. The Morgan fingerprint density at radius 2 is 1.95 bits per heavy atom. The zero-order valence-corrected chi connectivity index (χ0v) is 14.0. The minimum Gasteiger partial charge on any atom is -0.353 e. The molecule has 5 nitrogen and oxygen atoms in total. The lowest BCUT2D eigenvalue weighted by Crippen LogP contribution is -2.32. The van der Waals surface area contributed by atoms with Gasteiger partial charge in [-0.1, -0.05) is 25.3 Å². The largest absolute Gasteiger partial charge is 0.353 e. The highest BCUT2D eigenvalue weighted by Crippen LogP contribution is 2.24. The zero-order valence-electron chi connectivity index (χ0n) is 13.2. The van der Waals surface area contributed by atoms with E-state index in [0.717, 1.165) is 0 Å². The Kier molecular flexibility index (Phi) is 7.96. The SMILES string of the molecule is CCS(=O)(=O)N(C)CCCNC(=O)C=CC1CCCCC1. The van der Waals surface area contributed by atoms with Crippen LogP contribution in [0.2, 0.25) is 0 Å². The number of sulfonamides is 1. The molecule has 0 spiro atoms. The van der Waals surface area contributed by atoms with Gasteiger partial charge in [-0.05, 0) is 38.2 Å².